The minimum Gasteiger partial charge on any atom is -0.344 e. The van der Waals surface area contributed by atoms with Gasteiger partial charge in [-0.05, 0) is 54.0 Å². The summed E-state index contributed by atoms with van der Waals surface area (Å²) in [7, 11) is 0. The van der Waals surface area contributed by atoms with E-state index in [0.29, 0.717) is 12.0 Å². The van der Waals surface area contributed by atoms with E-state index in [0.717, 1.165) is 26.1 Å². The van der Waals surface area contributed by atoms with Gasteiger partial charge in [-0.2, -0.15) is 0 Å². The van der Waals surface area contributed by atoms with Crippen LogP contribution in [0, 0.1) is 11.7 Å². The number of fused-ring (bicyclic) bond motifs is 1. The number of halogens is 1. The summed E-state index contributed by atoms with van der Waals surface area (Å²) in [6, 6.07) is 18.4. The van der Waals surface area contributed by atoms with Crippen molar-refractivity contribution in [3.8, 4) is 0 Å². The van der Waals surface area contributed by atoms with Gasteiger partial charge < -0.3 is 9.47 Å². The van der Waals surface area contributed by atoms with Gasteiger partial charge in [0.2, 0.25) is 0 Å². The highest BCUT2D eigenvalue weighted by molar-refractivity contribution is 5.80. The molecule has 1 aliphatic heterocycles. The Hall–Kier alpha value is -2.13. The number of hydrogen-bond acceptors (Lipinski definition) is 1. The summed E-state index contributed by atoms with van der Waals surface area (Å²) in [5.41, 5.74) is 2.56. The first-order chi connectivity index (χ1) is 12.2. The van der Waals surface area contributed by atoms with Crippen LogP contribution in [0.5, 0.6) is 0 Å². The minimum atomic E-state index is -0.155. The highest BCUT2D eigenvalue weighted by Gasteiger charge is 2.27. The lowest BCUT2D eigenvalue weighted by Crippen LogP contribution is -2.41. The normalized spacial score (nSPS) is 21.7. The van der Waals surface area contributed by atoms with Crippen molar-refractivity contribution in [1.82, 2.24) is 9.47 Å². The summed E-state index contributed by atoms with van der Waals surface area (Å²) in [4.78, 5) is 2.55. The highest BCUT2D eigenvalue weighted by atomic mass is 19.1. The Balaban J connectivity index is 1.39. The number of rotatable bonds is 4. The lowest BCUT2D eigenvalue weighted by molar-refractivity contribution is 0.136. The molecule has 3 heteroatoms. The molecule has 0 bridgehead atoms. The molecule has 1 aliphatic rings. The lowest BCUT2D eigenvalue weighted by Gasteiger charge is -2.38. The number of piperidine rings is 1. The smallest absolute Gasteiger partial charge is 0.123 e. The zero-order chi connectivity index (χ0) is 17.2. The number of nitrogens with zero attached hydrogens (tertiary/aromatic N) is 2. The molecular formula is C22H25FN2. The molecule has 25 heavy (non-hydrogen) atoms. The fraction of sp³-hybridized carbons (Fsp3) is 0.364. The Bertz CT molecular complexity index is 837. The third kappa shape index (κ3) is 3.47. The topological polar surface area (TPSA) is 8.17 Å². The second-order valence-corrected chi connectivity index (χ2v) is 7.29. The third-order valence-electron chi connectivity index (χ3n) is 5.56. The molecule has 130 valence electrons. The minimum absolute atomic E-state index is 0.155. The molecule has 0 unspecified atom stereocenters. The summed E-state index contributed by atoms with van der Waals surface area (Å²) < 4.78 is 15.5. The van der Waals surface area contributed by atoms with E-state index in [-0.39, 0.29) is 5.82 Å². The van der Waals surface area contributed by atoms with E-state index < -0.39 is 0 Å². The maximum absolute atomic E-state index is 13.0. The summed E-state index contributed by atoms with van der Waals surface area (Å²) >= 11 is 0. The molecule has 0 N–H and O–H groups in total. The summed E-state index contributed by atoms with van der Waals surface area (Å²) in [6.07, 6.45) is 4.42. The van der Waals surface area contributed by atoms with Crippen LogP contribution in [0.1, 0.15) is 24.9 Å². The van der Waals surface area contributed by atoms with E-state index in [1.807, 2.05) is 12.1 Å². The first kappa shape index (κ1) is 16.3. The van der Waals surface area contributed by atoms with Crippen LogP contribution in [0.3, 0.4) is 0 Å². The van der Waals surface area contributed by atoms with Crippen LogP contribution < -0.4 is 0 Å². The predicted octanol–water partition coefficient (Wildman–Crippen LogP) is 4.91. The zero-order valence-electron chi connectivity index (χ0n) is 14.7. The Morgan fingerprint density at radius 1 is 1.04 bits per heavy atom. The Labute approximate surface area is 148 Å². The van der Waals surface area contributed by atoms with E-state index in [4.69, 9.17) is 0 Å². The molecule has 0 aliphatic carbocycles. The van der Waals surface area contributed by atoms with Gasteiger partial charge in [0.25, 0.3) is 0 Å². The maximum atomic E-state index is 13.0. The van der Waals surface area contributed by atoms with Crippen LogP contribution in [-0.4, -0.2) is 29.1 Å². The van der Waals surface area contributed by atoms with Crippen molar-refractivity contribution < 1.29 is 4.39 Å². The molecule has 1 saturated heterocycles. The molecule has 3 aromatic rings. The van der Waals surface area contributed by atoms with Crippen molar-refractivity contribution in [2.24, 2.45) is 5.92 Å². The third-order valence-corrected chi connectivity index (χ3v) is 5.56. The molecule has 0 radical (unpaired) electrons. The van der Waals surface area contributed by atoms with E-state index >= 15 is 0 Å². The Morgan fingerprint density at radius 2 is 1.84 bits per heavy atom. The lowest BCUT2D eigenvalue weighted by atomic mass is 9.93. The summed E-state index contributed by atoms with van der Waals surface area (Å²) in [5, 5.41) is 1.33. The van der Waals surface area contributed by atoms with E-state index in [1.165, 1.54) is 22.9 Å². The van der Waals surface area contributed by atoms with Gasteiger partial charge in [0.05, 0.1) is 0 Å². The van der Waals surface area contributed by atoms with E-state index in [9.17, 15) is 4.39 Å². The number of benzene rings is 2. The second kappa shape index (κ2) is 7.01. The average molecular weight is 336 g/mol. The molecule has 0 saturated carbocycles. The van der Waals surface area contributed by atoms with Crippen LogP contribution in [0.2, 0.25) is 0 Å². The number of aromatic nitrogens is 1. The molecule has 2 nitrogen and oxygen atoms in total. The van der Waals surface area contributed by atoms with E-state index in [1.54, 1.807) is 12.1 Å². The molecule has 1 aromatic heterocycles. The fourth-order valence-corrected chi connectivity index (χ4v) is 4.17. The molecular weight excluding hydrogens is 311 g/mol. The highest BCUT2D eigenvalue weighted by Crippen LogP contribution is 2.31. The molecule has 1 fully saturated rings. The average Bonchev–Trinajstić information content (AvgIpc) is 3.05. The van der Waals surface area contributed by atoms with Gasteiger partial charge in [-0.3, -0.25) is 0 Å². The number of likely N-dealkylation sites (tertiary alicyclic amines) is 1. The number of para-hydroxylation sites is 1. The Kier molecular flexibility index (Phi) is 4.58. The first-order valence-electron chi connectivity index (χ1n) is 9.23. The number of hydrogen-bond donors (Lipinski definition) is 0. The van der Waals surface area contributed by atoms with Crippen LogP contribution in [0.25, 0.3) is 10.9 Å². The molecule has 0 amide bonds. The zero-order valence-corrected chi connectivity index (χ0v) is 14.7. The van der Waals surface area contributed by atoms with Gasteiger partial charge in [0, 0.05) is 37.4 Å². The molecule has 2 heterocycles. The molecule has 2 atom stereocenters. The fourth-order valence-electron chi connectivity index (χ4n) is 4.17. The van der Waals surface area contributed by atoms with Gasteiger partial charge in [-0.15, -0.1) is 0 Å². The van der Waals surface area contributed by atoms with Crippen molar-refractivity contribution in [1.29, 1.82) is 0 Å². The Morgan fingerprint density at radius 3 is 2.64 bits per heavy atom. The van der Waals surface area contributed by atoms with Crippen molar-refractivity contribution >= 4 is 10.9 Å². The largest absolute Gasteiger partial charge is 0.344 e. The monoisotopic (exact) mass is 336 g/mol. The van der Waals surface area contributed by atoms with Gasteiger partial charge in [-0.25, -0.2) is 4.39 Å². The van der Waals surface area contributed by atoms with Crippen molar-refractivity contribution in [3.05, 3.63) is 72.2 Å². The van der Waals surface area contributed by atoms with Crippen LogP contribution in [0.4, 0.5) is 4.39 Å². The van der Waals surface area contributed by atoms with Crippen LogP contribution in [-0.2, 0) is 6.42 Å². The van der Waals surface area contributed by atoms with Crippen LogP contribution in [0.15, 0.2) is 60.8 Å². The van der Waals surface area contributed by atoms with Crippen LogP contribution >= 0.6 is 0 Å². The van der Waals surface area contributed by atoms with E-state index in [2.05, 4.69) is 52.9 Å². The van der Waals surface area contributed by atoms with Gasteiger partial charge in [0.15, 0.2) is 0 Å². The van der Waals surface area contributed by atoms with Gasteiger partial charge in [-0.1, -0.05) is 37.3 Å². The standard InChI is InChI=1S/C22H25FN2/c1-17-16-24(13-10-18-6-8-20(23)9-7-18)14-12-21(17)25-15-11-19-4-2-3-5-22(19)25/h2-9,11,15,17,21H,10,12-14,16H2,1H3/t17-,21+/m0/s1. The maximum Gasteiger partial charge on any atom is 0.123 e. The van der Waals surface area contributed by atoms with Gasteiger partial charge in [0.1, 0.15) is 5.82 Å². The molecule has 2 aromatic carbocycles. The second-order valence-electron chi connectivity index (χ2n) is 7.29. The molecule has 0 spiro atoms. The summed E-state index contributed by atoms with van der Waals surface area (Å²) in [5.74, 6) is 0.468. The molecule has 4 rings (SSSR count). The van der Waals surface area contributed by atoms with Crippen molar-refractivity contribution in [2.75, 3.05) is 19.6 Å². The summed E-state index contributed by atoms with van der Waals surface area (Å²) in [6.45, 7) is 5.67. The van der Waals surface area contributed by atoms with Crippen molar-refractivity contribution in [2.45, 2.75) is 25.8 Å². The SMILES string of the molecule is C[C@H]1CN(CCc2ccc(F)cc2)CC[C@H]1n1ccc2ccccc21. The predicted molar refractivity (Wildman–Crippen MR) is 101 cm³/mol. The first-order valence-corrected chi connectivity index (χ1v) is 9.23. The van der Waals surface area contributed by atoms with Crippen molar-refractivity contribution in [3.63, 3.8) is 0 Å². The van der Waals surface area contributed by atoms with Gasteiger partial charge >= 0.3 is 0 Å². The quantitative estimate of drug-likeness (QED) is 0.657.